The molecule has 4 aromatic heterocycles. The molecule has 1 atom stereocenters. The fourth-order valence-corrected chi connectivity index (χ4v) is 3.25. The van der Waals surface area contributed by atoms with Crippen LogP contribution in [0.3, 0.4) is 0 Å². The van der Waals surface area contributed by atoms with Crippen molar-refractivity contribution in [3.05, 3.63) is 79.5 Å². The van der Waals surface area contributed by atoms with Gasteiger partial charge in [-0.15, -0.1) is 0 Å². The van der Waals surface area contributed by atoms with E-state index in [4.69, 9.17) is 0 Å². The lowest BCUT2D eigenvalue weighted by molar-refractivity contribution is 0.429. The highest BCUT2D eigenvalue weighted by atomic mass is 15.4. The monoisotopic (exact) mass is 356 g/mol. The number of nitrogens with zero attached hydrogens (tertiary/aromatic N) is 7. The van der Waals surface area contributed by atoms with Crippen LogP contribution >= 0.6 is 0 Å². The van der Waals surface area contributed by atoms with Gasteiger partial charge < -0.3 is 4.98 Å². The summed E-state index contributed by atoms with van der Waals surface area (Å²) in [5.41, 5.74) is 3.77. The summed E-state index contributed by atoms with van der Waals surface area (Å²) in [6.45, 7) is 0.633. The Morgan fingerprint density at radius 1 is 1.00 bits per heavy atom. The molecule has 0 radical (unpaired) electrons. The van der Waals surface area contributed by atoms with Gasteiger partial charge in [0, 0.05) is 23.3 Å². The van der Waals surface area contributed by atoms with Gasteiger partial charge in [0.15, 0.2) is 0 Å². The molecule has 1 unspecified atom stereocenters. The molecule has 8 nitrogen and oxygen atoms in total. The first-order valence-corrected chi connectivity index (χ1v) is 8.58. The summed E-state index contributed by atoms with van der Waals surface area (Å²) in [4.78, 5) is 15.9. The van der Waals surface area contributed by atoms with E-state index in [1.54, 1.807) is 19.0 Å². The van der Waals surface area contributed by atoms with E-state index in [1.807, 2.05) is 52.2 Å². The maximum atomic E-state index is 4.63. The van der Waals surface area contributed by atoms with Gasteiger partial charge in [0.05, 0.1) is 24.5 Å². The van der Waals surface area contributed by atoms with E-state index in [2.05, 4.69) is 42.3 Å². The van der Waals surface area contributed by atoms with Crippen molar-refractivity contribution in [3.63, 3.8) is 0 Å². The molecule has 1 aromatic carbocycles. The molecule has 0 saturated carbocycles. The maximum Gasteiger partial charge on any atom is 0.141 e. The third kappa shape index (κ3) is 2.86. The molecule has 0 spiro atoms. The first kappa shape index (κ1) is 15.4. The average molecular weight is 356 g/mol. The predicted octanol–water partition coefficient (Wildman–Crippen LogP) is 2.70. The Morgan fingerprint density at radius 2 is 1.93 bits per heavy atom. The summed E-state index contributed by atoms with van der Waals surface area (Å²) in [7, 11) is 0. The first-order valence-electron chi connectivity index (χ1n) is 8.58. The Bertz CT molecular complexity index is 1160. The molecule has 1 N–H and O–H groups in total. The third-order valence-electron chi connectivity index (χ3n) is 4.56. The second-order valence-corrected chi connectivity index (χ2v) is 6.22. The quantitative estimate of drug-likeness (QED) is 0.523. The van der Waals surface area contributed by atoms with Crippen molar-refractivity contribution in [1.29, 1.82) is 0 Å². The van der Waals surface area contributed by atoms with Gasteiger partial charge >= 0.3 is 0 Å². The molecule has 0 fully saturated rings. The molecule has 0 bridgehead atoms. The number of nitrogens with one attached hydrogen (secondary N) is 1. The van der Waals surface area contributed by atoms with Gasteiger partial charge in [-0.25, -0.2) is 15.0 Å². The number of aromatic nitrogens is 8. The molecule has 5 aromatic rings. The Morgan fingerprint density at radius 3 is 2.78 bits per heavy atom. The highest BCUT2D eigenvalue weighted by molar-refractivity contribution is 5.89. The molecule has 0 aliphatic heterocycles. The molecular weight excluding hydrogens is 340 g/mol. The van der Waals surface area contributed by atoms with Crippen LogP contribution in [0.1, 0.15) is 11.6 Å². The van der Waals surface area contributed by atoms with Crippen LogP contribution in [-0.4, -0.2) is 39.5 Å². The van der Waals surface area contributed by atoms with Crippen LogP contribution in [0.2, 0.25) is 0 Å². The maximum absolute atomic E-state index is 4.63. The summed E-state index contributed by atoms with van der Waals surface area (Å²) in [6, 6.07) is 12.2. The number of H-pyrrole nitrogens is 1. The third-order valence-corrected chi connectivity index (χ3v) is 4.56. The van der Waals surface area contributed by atoms with Crippen molar-refractivity contribution >= 4 is 11.0 Å². The van der Waals surface area contributed by atoms with Gasteiger partial charge in [-0.1, -0.05) is 30.3 Å². The van der Waals surface area contributed by atoms with Crippen molar-refractivity contribution in [1.82, 2.24) is 39.5 Å². The minimum atomic E-state index is -0.00907. The number of hydrogen-bond donors (Lipinski definition) is 1. The zero-order chi connectivity index (χ0) is 18.1. The zero-order valence-corrected chi connectivity index (χ0v) is 14.3. The van der Waals surface area contributed by atoms with Gasteiger partial charge in [-0.05, 0) is 11.6 Å². The fraction of sp³-hybridized carbons (Fsp3) is 0.105. The molecule has 5 rings (SSSR count). The molecule has 27 heavy (non-hydrogen) atoms. The van der Waals surface area contributed by atoms with Crippen LogP contribution in [0, 0.1) is 0 Å². The number of hydrogen-bond acceptors (Lipinski definition) is 5. The van der Waals surface area contributed by atoms with Crippen LogP contribution in [0.5, 0.6) is 0 Å². The first-order chi connectivity index (χ1) is 13.4. The minimum Gasteiger partial charge on any atom is -0.346 e. The van der Waals surface area contributed by atoms with E-state index >= 15 is 0 Å². The Labute approximate surface area is 154 Å². The summed E-state index contributed by atoms with van der Waals surface area (Å²) in [5, 5.41) is 9.85. The zero-order valence-electron chi connectivity index (χ0n) is 14.3. The van der Waals surface area contributed by atoms with Crippen molar-refractivity contribution in [2.45, 2.75) is 12.6 Å². The number of rotatable bonds is 5. The van der Waals surface area contributed by atoms with E-state index in [0.29, 0.717) is 6.54 Å². The molecular formula is C19H16N8. The van der Waals surface area contributed by atoms with Crippen molar-refractivity contribution in [2.75, 3.05) is 0 Å². The van der Waals surface area contributed by atoms with Crippen molar-refractivity contribution in [2.24, 2.45) is 0 Å². The van der Waals surface area contributed by atoms with E-state index in [-0.39, 0.29) is 6.04 Å². The normalized spacial score (nSPS) is 12.4. The Kier molecular flexibility index (Phi) is 3.71. The van der Waals surface area contributed by atoms with Crippen molar-refractivity contribution in [3.8, 4) is 11.3 Å². The van der Waals surface area contributed by atoms with Crippen LogP contribution in [-0.2, 0) is 6.54 Å². The highest BCUT2D eigenvalue weighted by Crippen LogP contribution is 2.27. The average Bonchev–Trinajstić information content (AvgIpc) is 3.47. The summed E-state index contributed by atoms with van der Waals surface area (Å²) < 4.78 is 3.76. The van der Waals surface area contributed by atoms with Gasteiger partial charge in [0.2, 0.25) is 0 Å². The van der Waals surface area contributed by atoms with Gasteiger partial charge in [-0.3, -0.25) is 9.36 Å². The van der Waals surface area contributed by atoms with E-state index < -0.39 is 0 Å². The van der Waals surface area contributed by atoms with E-state index in [9.17, 15) is 0 Å². The molecule has 132 valence electrons. The molecule has 8 heteroatoms. The standard InChI is InChI=1S/C19H16N8/c1-2-4-14(5-3-1)17(10-26-13-20-11-25-26)27-9-15(8-24-27)18-16-6-7-21-19(16)23-12-22-18/h1-9,11-13,17H,10H2,(H,21,22,23). The lowest BCUT2D eigenvalue weighted by atomic mass is 10.1. The van der Waals surface area contributed by atoms with Crippen LogP contribution in [0.25, 0.3) is 22.3 Å². The highest BCUT2D eigenvalue weighted by Gasteiger charge is 2.18. The molecule has 0 amide bonds. The van der Waals surface area contributed by atoms with Gasteiger partial charge in [0.25, 0.3) is 0 Å². The SMILES string of the molecule is c1ccc(C(Cn2cncn2)n2cc(-c3ncnc4[nH]ccc34)cn2)cc1. The molecule has 4 heterocycles. The van der Waals surface area contributed by atoms with Crippen LogP contribution in [0.15, 0.2) is 74.0 Å². The summed E-state index contributed by atoms with van der Waals surface area (Å²) >= 11 is 0. The van der Waals surface area contributed by atoms with Gasteiger partial charge in [0.1, 0.15) is 24.6 Å². The smallest absolute Gasteiger partial charge is 0.141 e. The van der Waals surface area contributed by atoms with E-state index in [0.717, 1.165) is 27.9 Å². The van der Waals surface area contributed by atoms with E-state index in [1.165, 1.54) is 0 Å². The number of benzene rings is 1. The number of aromatic amines is 1. The summed E-state index contributed by atoms with van der Waals surface area (Å²) in [5.74, 6) is 0. The molecule has 0 aliphatic rings. The molecule has 0 aliphatic carbocycles. The van der Waals surface area contributed by atoms with Crippen LogP contribution in [0.4, 0.5) is 0 Å². The lowest BCUT2D eigenvalue weighted by Gasteiger charge is -2.18. The predicted molar refractivity (Wildman–Crippen MR) is 99.7 cm³/mol. The molecule has 0 saturated heterocycles. The Balaban J connectivity index is 1.56. The van der Waals surface area contributed by atoms with Crippen molar-refractivity contribution < 1.29 is 0 Å². The fourth-order valence-electron chi connectivity index (χ4n) is 3.25. The largest absolute Gasteiger partial charge is 0.346 e. The Hall–Kier alpha value is -3.81. The van der Waals surface area contributed by atoms with Crippen LogP contribution < -0.4 is 0 Å². The topological polar surface area (TPSA) is 90.1 Å². The second-order valence-electron chi connectivity index (χ2n) is 6.22. The lowest BCUT2D eigenvalue weighted by Crippen LogP contribution is -2.18. The summed E-state index contributed by atoms with van der Waals surface area (Å²) in [6.07, 6.45) is 10.5. The van der Waals surface area contributed by atoms with Gasteiger partial charge in [-0.2, -0.15) is 10.2 Å². The minimum absolute atomic E-state index is 0.00907. The number of fused-ring (bicyclic) bond motifs is 1. The second kappa shape index (κ2) is 6.49.